The van der Waals surface area contributed by atoms with Crippen molar-refractivity contribution in [1.29, 1.82) is 0 Å². The third-order valence-corrected chi connectivity index (χ3v) is 6.57. The van der Waals surface area contributed by atoms with Crippen molar-refractivity contribution in [3.05, 3.63) is 59.9 Å². The van der Waals surface area contributed by atoms with E-state index in [2.05, 4.69) is 15.4 Å². The zero-order chi connectivity index (χ0) is 22.1. The van der Waals surface area contributed by atoms with Crippen LogP contribution >= 0.6 is 0 Å². The van der Waals surface area contributed by atoms with Gasteiger partial charge in [-0.3, -0.25) is 9.30 Å². The second kappa shape index (κ2) is 8.60. The summed E-state index contributed by atoms with van der Waals surface area (Å²) in [5, 5.41) is 0. The highest BCUT2D eigenvalue weighted by Crippen LogP contribution is 2.30. The number of hydrogen-bond donors (Lipinski definition) is 1. The summed E-state index contributed by atoms with van der Waals surface area (Å²) in [6.45, 7) is 2.03. The van der Waals surface area contributed by atoms with Crippen LogP contribution in [0.25, 0.3) is 16.9 Å². The molecule has 3 aromatic rings. The summed E-state index contributed by atoms with van der Waals surface area (Å²) in [4.78, 5) is 7.12. The van der Waals surface area contributed by atoms with Gasteiger partial charge in [-0.25, -0.2) is 18.1 Å². The molecule has 1 aliphatic heterocycles. The van der Waals surface area contributed by atoms with Crippen LogP contribution in [0.15, 0.2) is 48.5 Å². The minimum Gasteiger partial charge on any atom is -0.298 e. The molecule has 10 heteroatoms. The Morgan fingerprint density at radius 1 is 0.968 bits per heavy atom. The monoisotopic (exact) mass is 452 g/mol. The summed E-state index contributed by atoms with van der Waals surface area (Å²) in [7, 11) is -5.26. The van der Waals surface area contributed by atoms with E-state index in [1.165, 1.54) is 0 Å². The predicted octanol–water partition coefficient (Wildman–Crippen LogP) is 3.93. The molecule has 0 saturated heterocycles. The number of hydrogen-bond acceptors (Lipinski definition) is 4. The molecule has 0 fully saturated rings. The van der Waals surface area contributed by atoms with Gasteiger partial charge in [0.15, 0.2) is 0 Å². The van der Waals surface area contributed by atoms with E-state index in [0.29, 0.717) is 12.8 Å². The predicted molar refractivity (Wildman–Crippen MR) is 112 cm³/mol. The van der Waals surface area contributed by atoms with Gasteiger partial charge in [0.1, 0.15) is 5.65 Å². The molecule has 0 saturated carbocycles. The van der Waals surface area contributed by atoms with Crippen LogP contribution in [0.4, 0.5) is 13.2 Å². The number of imidazole rings is 1. The number of sulfonamides is 1. The average Bonchev–Trinajstić information content (AvgIpc) is 3.10. The summed E-state index contributed by atoms with van der Waals surface area (Å²) in [6.07, 6.45) is 1.75. The Morgan fingerprint density at radius 2 is 1.74 bits per heavy atom. The first-order valence-electron chi connectivity index (χ1n) is 10.1. The second-order valence-electron chi connectivity index (χ2n) is 7.60. The van der Waals surface area contributed by atoms with Crippen molar-refractivity contribution in [1.82, 2.24) is 19.0 Å². The van der Waals surface area contributed by atoms with Crippen LogP contribution in [0, 0.1) is 0 Å². The fourth-order valence-corrected chi connectivity index (χ4v) is 4.48. The van der Waals surface area contributed by atoms with Gasteiger partial charge in [-0.05, 0) is 31.5 Å². The SMILES string of the molecule is O=S(=O)(NCCCCCN1Cc2cccc3nc(-c4ccccc4)c(n23)C1)C(F)(F)F. The van der Waals surface area contributed by atoms with Gasteiger partial charge in [-0.2, -0.15) is 13.2 Å². The molecule has 1 N–H and O–H groups in total. The van der Waals surface area contributed by atoms with E-state index in [-0.39, 0.29) is 6.54 Å². The maximum absolute atomic E-state index is 12.3. The smallest absolute Gasteiger partial charge is 0.298 e. The molecule has 0 atom stereocenters. The van der Waals surface area contributed by atoms with Crippen molar-refractivity contribution in [3.8, 4) is 11.3 Å². The van der Waals surface area contributed by atoms with Crippen molar-refractivity contribution in [2.75, 3.05) is 13.1 Å². The Labute approximate surface area is 178 Å². The zero-order valence-corrected chi connectivity index (χ0v) is 17.6. The van der Waals surface area contributed by atoms with Gasteiger partial charge in [0, 0.05) is 30.9 Å². The molecule has 1 aromatic carbocycles. The third-order valence-electron chi connectivity index (χ3n) is 5.37. The van der Waals surface area contributed by atoms with Gasteiger partial charge in [0.05, 0.1) is 11.4 Å². The minimum atomic E-state index is -5.26. The summed E-state index contributed by atoms with van der Waals surface area (Å²) >= 11 is 0. The van der Waals surface area contributed by atoms with Gasteiger partial charge >= 0.3 is 15.5 Å². The number of rotatable bonds is 8. The van der Waals surface area contributed by atoms with Crippen LogP contribution < -0.4 is 4.72 Å². The molecular weight excluding hydrogens is 429 g/mol. The standard InChI is InChI=1S/C21H23F3N4O2S/c22-21(23,24)31(29,30)25-12-5-2-6-13-27-14-17-10-7-11-19-26-20(18(15-27)28(17)19)16-8-3-1-4-9-16/h1,3-4,7-11,25H,2,5-6,12-15H2. The van der Waals surface area contributed by atoms with E-state index < -0.39 is 15.5 Å². The number of pyridine rings is 1. The fraction of sp³-hybridized carbons (Fsp3) is 0.381. The van der Waals surface area contributed by atoms with Crippen molar-refractivity contribution in [2.45, 2.75) is 37.9 Å². The van der Waals surface area contributed by atoms with Crippen LogP contribution in [0.5, 0.6) is 0 Å². The molecule has 166 valence electrons. The fourth-order valence-electron chi connectivity index (χ4n) is 3.90. The lowest BCUT2D eigenvalue weighted by molar-refractivity contribution is -0.0447. The number of alkyl halides is 3. The molecule has 1 aliphatic rings. The Hall–Kier alpha value is -2.43. The topological polar surface area (TPSA) is 66.7 Å². The number of halogens is 3. The molecule has 0 spiro atoms. The minimum absolute atomic E-state index is 0.216. The van der Waals surface area contributed by atoms with Crippen molar-refractivity contribution in [2.24, 2.45) is 0 Å². The van der Waals surface area contributed by atoms with Gasteiger partial charge in [-0.1, -0.05) is 42.8 Å². The molecule has 31 heavy (non-hydrogen) atoms. The van der Waals surface area contributed by atoms with Gasteiger partial charge in [-0.15, -0.1) is 0 Å². The number of nitrogens with one attached hydrogen (secondary N) is 1. The first-order valence-corrected chi connectivity index (χ1v) is 11.6. The Bertz CT molecular complexity index is 1160. The first kappa shape index (κ1) is 21.8. The van der Waals surface area contributed by atoms with Crippen molar-refractivity contribution >= 4 is 15.7 Å². The number of unbranched alkanes of at least 4 members (excludes halogenated alkanes) is 2. The molecule has 0 bridgehead atoms. The lowest BCUT2D eigenvalue weighted by Crippen LogP contribution is -2.37. The number of nitrogens with zero attached hydrogens (tertiary/aromatic N) is 3. The van der Waals surface area contributed by atoms with Crippen LogP contribution in [0.2, 0.25) is 0 Å². The Balaban J connectivity index is 1.37. The number of aromatic nitrogens is 2. The van der Waals surface area contributed by atoms with Crippen LogP contribution in [0.3, 0.4) is 0 Å². The average molecular weight is 453 g/mol. The van der Waals surface area contributed by atoms with E-state index in [4.69, 9.17) is 4.98 Å². The largest absolute Gasteiger partial charge is 0.511 e. The Morgan fingerprint density at radius 3 is 2.48 bits per heavy atom. The Kier molecular flexibility index (Phi) is 6.05. The molecule has 6 nitrogen and oxygen atoms in total. The lowest BCUT2D eigenvalue weighted by atomic mass is 10.1. The molecule has 0 aliphatic carbocycles. The molecule has 2 aromatic heterocycles. The van der Waals surface area contributed by atoms with E-state index in [0.717, 1.165) is 54.3 Å². The summed E-state index contributed by atoms with van der Waals surface area (Å²) < 4.78 is 62.8. The molecular formula is C21H23F3N4O2S. The summed E-state index contributed by atoms with van der Waals surface area (Å²) in [5.74, 6) is 0. The van der Waals surface area contributed by atoms with E-state index in [1.54, 1.807) is 4.72 Å². The lowest BCUT2D eigenvalue weighted by Gasteiger charge is -2.28. The summed E-state index contributed by atoms with van der Waals surface area (Å²) in [5.41, 5.74) is -0.0538. The van der Waals surface area contributed by atoms with Gasteiger partial charge in [0.2, 0.25) is 0 Å². The van der Waals surface area contributed by atoms with Crippen LogP contribution in [-0.4, -0.2) is 41.3 Å². The van der Waals surface area contributed by atoms with E-state index >= 15 is 0 Å². The van der Waals surface area contributed by atoms with E-state index in [9.17, 15) is 21.6 Å². The number of benzene rings is 1. The highest BCUT2D eigenvalue weighted by molar-refractivity contribution is 7.90. The maximum atomic E-state index is 12.3. The van der Waals surface area contributed by atoms with Crippen molar-refractivity contribution < 1.29 is 21.6 Å². The van der Waals surface area contributed by atoms with E-state index in [1.807, 2.05) is 42.5 Å². The molecule has 0 radical (unpaired) electrons. The van der Waals surface area contributed by atoms with Crippen LogP contribution in [-0.2, 0) is 23.1 Å². The quantitative estimate of drug-likeness (QED) is 0.526. The van der Waals surface area contributed by atoms with Gasteiger partial charge < -0.3 is 0 Å². The van der Waals surface area contributed by atoms with Crippen molar-refractivity contribution in [3.63, 3.8) is 0 Å². The first-order chi connectivity index (χ1) is 14.8. The third kappa shape index (κ3) is 4.60. The second-order valence-corrected chi connectivity index (χ2v) is 9.36. The highest BCUT2D eigenvalue weighted by atomic mass is 32.2. The molecule has 3 heterocycles. The molecule has 0 amide bonds. The maximum Gasteiger partial charge on any atom is 0.511 e. The molecule has 0 unspecified atom stereocenters. The zero-order valence-electron chi connectivity index (χ0n) is 16.8. The molecule has 4 rings (SSSR count). The van der Waals surface area contributed by atoms with Crippen LogP contribution in [0.1, 0.15) is 30.7 Å². The summed E-state index contributed by atoms with van der Waals surface area (Å²) in [6, 6.07) is 16.1. The normalized spacial score (nSPS) is 14.9. The van der Waals surface area contributed by atoms with Gasteiger partial charge in [0.25, 0.3) is 0 Å². The highest BCUT2D eigenvalue weighted by Gasteiger charge is 2.45.